The van der Waals surface area contributed by atoms with Gasteiger partial charge in [-0.15, -0.1) is 0 Å². The van der Waals surface area contributed by atoms with E-state index in [9.17, 15) is 9.18 Å². The number of amides is 2. The molecule has 2 atom stereocenters. The minimum atomic E-state index is -0.536. The SMILES string of the molecule is O=C1N/C=C(/c2cc([C@H]3C[C@@H]3c3ccccn3)c3ncc(F)n3n2)COCN1. The topological polar surface area (TPSA) is 93.4 Å². The van der Waals surface area contributed by atoms with Crippen molar-refractivity contribution in [1.29, 1.82) is 0 Å². The predicted molar refractivity (Wildman–Crippen MR) is 97.7 cm³/mol. The van der Waals surface area contributed by atoms with Crippen molar-refractivity contribution in [3.8, 4) is 0 Å². The summed E-state index contributed by atoms with van der Waals surface area (Å²) in [5.74, 6) is -0.0787. The number of carbonyl (C=O) groups is 1. The highest BCUT2D eigenvalue weighted by molar-refractivity contribution is 5.78. The second-order valence-electron chi connectivity index (χ2n) is 6.82. The van der Waals surface area contributed by atoms with E-state index in [2.05, 4.69) is 25.7 Å². The van der Waals surface area contributed by atoms with Gasteiger partial charge in [0.25, 0.3) is 0 Å². The van der Waals surface area contributed by atoms with Crippen molar-refractivity contribution in [2.24, 2.45) is 0 Å². The van der Waals surface area contributed by atoms with E-state index in [1.165, 1.54) is 16.9 Å². The number of hydrogen-bond acceptors (Lipinski definition) is 5. The first-order valence-corrected chi connectivity index (χ1v) is 8.97. The van der Waals surface area contributed by atoms with E-state index in [0.29, 0.717) is 16.9 Å². The Bertz CT molecular complexity index is 1080. The maximum Gasteiger partial charge on any atom is 0.320 e. The molecule has 0 unspecified atom stereocenters. The number of nitrogens with one attached hydrogen (secondary N) is 2. The molecule has 0 spiro atoms. The Hall–Kier alpha value is -3.33. The molecule has 2 aliphatic rings. The van der Waals surface area contributed by atoms with Crippen molar-refractivity contribution in [2.45, 2.75) is 18.3 Å². The van der Waals surface area contributed by atoms with E-state index in [-0.39, 0.29) is 31.2 Å². The van der Waals surface area contributed by atoms with Gasteiger partial charge in [0, 0.05) is 35.1 Å². The summed E-state index contributed by atoms with van der Waals surface area (Å²) in [7, 11) is 0. The number of halogens is 1. The molecule has 1 saturated carbocycles. The van der Waals surface area contributed by atoms with Crippen molar-refractivity contribution in [3.63, 3.8) is 0 Å². The van der Waals surface area contributed by atoms with Crippen molar-refractivity contribution in [1.82, 2.24) is 30.2 Å². The first kappa shape index (κ1) is 16.8. The third kappa shape index (κ3) is 2.99. The van der Waals surface area contributed by atoms with Crippen LogP contribution in [0.25, 0.3) is 11.2 Å². The van der Waals surface area contributed by atoms with E-state index < -0.39 is 5.95 Å². The minimum absolute atomic E-state index is 0.0854. The Morgan fingerprint density at radius 1 is 1.25 bits per heavy atom. The van der Waals surface area contributed by atoms with Crippen LogP contribution in [0.1, 0.15) is 35.2 Å². The molecule has 3 aromatic heterocycles. The van der Waals surface area contributed by atoms with Gasteiger partial charge in [-0.25, -0.2) is 9.78 Å². The lowest BCUT2D eigenvalue weighted by Crippen LogP contribution is -2.36. The van der Waals surface area contributed by atoms with Crippen LogP contribution in [0.2, 0.25) is 0 Å². The molecule has 0 aromatic carbocycles. The molecule has 0 saturated heterocycles. The molecule has 2 N–H and O–H groups in total. The number of ether oxygens (including phenoxy) is 1. The fourth-order valence-corrected chi connectivity index (χ4v) is 3.53. The number of urea groups is 1. The zero-order valence-corrected chi connectivity index (χ0v) is 14.8. The van der Waals surface area contributed by atoms with E-state index >= 15 is 0 Å². The average Bonchev–Trinajstić information content (AvgIpc) is 3.42. The summed E-state index contributed by atoms with van der Waals surface area (Å²) in [6.07, 6.45) is 5.40. The van der Waals surface area contributed by atoms with Gasteiger partial charge in [-0.05, 0) is 30.5 Å². The van der Waals surface area contributed by atoms with Gasteiger partial charge in [-0.3, -0.25) is 4.98 Å². The van der Waals surface area contributed by atoms with Crippen LogP contribution in [0.15, 0.2) is 42.9 Å². The van der Waals surface area contributed by atoms with Crippen LogP contribution in [0, 0.1) is 5.95 Å². The van der Waals surface area contributed by atoms with Gasteiger partial charge >= 0.3 is 6.03 Å². The number of carbonyl (C=O) groups excluding carboxylic acids is 1. The first-order chi connectivity index (χ1) is 13.7. The van der Waals surface area contributed by atoms with Crippen LogP contribution in [-0.2, 0) is 4.74 Å². The van der Waals surface area contributed by atoms with Crippen molar-refractivity contribution >= 4 is 17.3 Å². The monoisotopic (exact) mass is 380 g/mol. The van der Waals surface area contributed by atoms with Crippen LogP contribution >= 0.6 is 0 Å². The van der Waals surface area contributed by atoms with Crippen LogP contribution < -0.4 is 10.6 Å². The lowest BCUT2D eigenvalue weighted by atomic mass is 10.1. The number of imidazole rings is 1. The van der Waals surface area contributed by atoms with Crippen LogP contribution in [-0.4, -0.2) is 39.0 Å². The molecule has 3 aromatic rings. The highest BCUT2D eigenvalue weighted by Crippen LogP contribution is 2.55. The molecule has 1 aliphatic heterocycles. The largest absolute Gasteiger partial charge is 0.356 e. The van der Waals surface area contributed by atoms with Gasteiger partial charge in [0.05, 0.1) is 18.5 Å². The van der Waals surface area contributed by atoms with Gasteiger partial charge in [0.2, 0.25) is 5.95 Å². The van der Waals surface area contributed by atoms with Gasteiger partial charge in [0.1, 0.15) is 6.73 Å². The summed E-state index contributed by atoms with van der Waals surface area (Å²) in [4.78, 5) is 20.2. The number of pyridine rings is 1. The van der Waals surface area contributed by atoms with Gasteiger partial charge in [-0.2, -0.15) is 14.0 Å². The van der Waals surface area contributed by atoms with E-state index in [4.69, 9.17) is 4.74 Å². The Morgan fingerprint density at radius 3 is 3.04 bits per heavy atom. The third-order valence-electron chi connectivity index (χ3n) is 5.01. The second kappa shape index (κ2) is 6.68. The Labute approximate surface area is 159 Å². The molecule has 8 nitrogen and oxygen atoms in total. The second-order valence-corrected chi connectivity index (χ2v) is 6.82. The molecule has 0 radical (unpaired) electrons. The van der Waals surface area contributed by atoms with E-state index in [1.807, 2.05) is 24.3 Å². The fraction of sp³-hybridized carbons (Fsp3) is 0.263. The number of aromatic nitrogens is 4. The molecule has 2 amide bonds. The van der Waals surface area contributed by atoms with Crippen LogP contribution in [0.4, 0.5) is 9.18 Å². The highest BCUT2D eigenvalue weighted by atomic mass is 19.1. The quantitative estimate of drug-likeness (QED) is 0.726. The summed E-state index contributed by atoms with van der Waals surface area (Å²) in [6, 6.07) is 7.39. The van der Waals surface area contributed by atoms with Gasteiger partial charge in [-0.1, -0.05) is 6.07 Å². The van der Waals surface area contributed by atoms with Gasteiger partial charge in [0.15, 0.2) is 5.65 Å². The summed E-state index contributed by atoms with van der Waals surface area (Å²) < 4.78 is 20.9. The Balaban J connectivity index is 1.56. The Morgan fingerprint density at radius 2 is 2.18 bits per heavy atom. The third-order valence-corrected chi connectivity index (χ3v) is 5.01. The van der Waals surface area contributed by atoms with Crippen LogP contribution in [0.3, 0.4) is 0 Å². The summed E-state index contributed by atoms with van der Waals surface area (Å²) in [5, 5.41) is 9.53. The summed E-state index contributed by atoms with van der Waals surface area (Å²) >= 11 is 0. The summed E-state index contributed by atoms with van der Waals surface area (Å²) in [5.41, 5.74) is 3.62. The smallest absolute Gasteiger partial charge is 0.320 e. The molecular weight excluding hydrogens is 363 g/mol. The van der Waals surface area contributed by atoms with Crippen molar-refractivity contribution in [2.75, 3.05) is 13.3 Å². The lowest BCUT2D eigenvalue weighted by Gasteiger charge is -2.15. The molecule has 0 bridgehead atoms. The standard InChI is InChI=1S/C19H17FN6O2/c20-17-8-22-18-14(12-5-13(12)15-3-1-2-4-21-15)6-16(25-26(17)18)11-7-23-19(27)24-10-28-9-11/h1-4,6-8,12-13H,5,9-10H2,(H2,23,24,27)/b11-7+/t12-,13-/m0/s1. The first-order valence-electron chi connectivity index (χ1n) is 8.97. The summed E-state index contributed by atoms with van der Waals surface area (Å²) in [6.45, 7) is 0.317. The van der Waals surface area contributed by atoms with Crippen molar-refractivity contribution < 1.29 is 13.9 Å². The normalized spacial score (nSPS) is 23.9. The fourth-order valence-electron chi connectivity index (χ4n) is 3.53. The molecule has 1 aliphatic carbocycles. The lowest BCUT2D eigenvalue weighted by molar-refractivity contribution is 0.146. The number of nitrogens with zero attached hydrogens (tertiary/aromatic N) is 4. The zero-order chi connectivity index (χ0) is 19.1. The average molecular weight is 380 g/mol. The number of fused-ring (bicyclic) bond motifs is 1. The number of hydrogen-bond donors (Lipinski definition) is 2. The van der Waals surface area contributed by atoms with Crippen LogP contribution in [0.5, 0.6) is 0 Å². The molecule has 28 heavy (non-hydrogen) atoms. The van der Waals surface area contributed by atoms with E-state index in [0.717, 1.165) is 17.7 Å². The maximum absolute atomic E-state index is 14.3. The molecule has 142 valence electrons. The molecular formula is C19H17FN6O2. The highest BCUT2D eigenvalue weighted by Gasteiger charge is 2.42. The van der Waals surface area contributed by atoms with Gasteiger partial charge < -0.3 is 15.4 Å². The molecule has 4 heterocycles. The Kier molecular flexibility index (Phi) is 4.01. The molecule has 5 rings (SSSR count). The number of rotatable bonds is 3. The molecule has 1 fully saturated rings. The minimum Gasteiger partial charge on any atom is -0.356 e. The zero-order valence-electron chi connectivity index (χ0n) is 14.8. The predicted octanol–water partition coefficient (Wildman–Crippen LogP) is 2.16. The molecule has 9 heteroatoms. The van der Waals surface area contributed by atoms with E-state index in [1.54, 1.807) is 6.20 Å². The maximum atomic E-state index is 14.3. The van der Waals surface area contributed by atoms with Crippen molar-refractivity contribution in [3.05, 3.63) is 65.8 Å².